The number of carbonyl (C=O) groups is 1. The zero-order valence-corrected chi connectivity index (χ0v) is 22.2. The van der Waals surface area contributed by atoms with Crippen LogP contribution in [0.15, 0.2) is 83.0 Å². The highest BCUT2D eigenvalue weighted by atomic mass is 35.5. The number of nitrogens with one attached hydrogen (secondary N) is 1. The maximum absolute atomic E-state index is 12.8. The van der Waals surface area contributed by atoms with Crippen molar-refractivity contribution in [2.45, 2.75) is 49.7 Å². The van der Waals surface area contributed by atoms with Gasteiger partial charge in [-0.1, -0.05) is 67.0 Å². The Morgan fingerprint density at radius 3 is 2.31 bits per heavy atom. The van der Waals surface area contributed by atoms with Crippen molar-refractivity contribution in [1.82, 2.24) is 14.9 Å². The molecule has 1 N–H and O–H groups in total. The fourth-order valence-corrected chi connectivity index (χ4v) is 6.16. The smallest absolute Gasteiger partial charge is 0.251 e. The number of carbonyl (C=O) groups excluding carboxylic acids is 1. The molecule has 0 spiro atoms. The van der Waals surface area contributed by atoms with Crippen LogP contribution in [0.1, 0.15) is 52.5 Å². The third-order valence-corrected chi connectivity index (χ3v) is 7.36. The number of amides is 1. The molecule has 7 heteroatoms. The van der Waals surface area contributed by atoms with E-state index in [4.69, 9.17) is 23.2 Å². The van der Waals surface area contributed by atoms with E-state index in [1.165, 1.54) is 5.56 Å². The fraction of sp³-hybridized carbons (Fsp3) is 0.214. The first-order chi connectivity index (χ1) is 16.8. The zero-order chi connectivity index (χ0) is 24.9. The molecule has 0 aliphatic rings. The Hall–Kier alpha value is -2.73. The summed E-state index contributed by atoms with van der Waals surface area (Å²) in [5.41, 5.74) is 5.27. The van der Waals surface area contributed by atoms with Crippen molar-refractivity contribution < 1.29 is 4.79 Å². The highest BCUT2D eigenvalue weighted by Gasteiger charge is 2.24. The van der Waals surface area contributed by atoms with Crippen LogP contribution in [0, 0.1) is 6.92 Å². The molecule has 4 nitrogen and oxygen atoms in total. The minimum atomic E-state index is -0.0857. The molecule has 0 atom stereocenters. The van der Waals surface area contributed by atoms with Crippen LogP contribution in [0.4, 0.5) is 0 Å². The van der Waals surface area contributed by atoms with Crippen LogP contribution < -0.4 is 5.32 Å². The van der Waals surface area contributed by atoms with Crippen LogP contribution in [0.3, 0.4) is 0 Å². The van der Waals surface area contributed by atoms with Crippen molar-refractivity contribution in [3.05, 3.63) is 111 Å². The number of halogens is 2. The van der Waals surface area contributed by atoms with Gasteiger partial charge < -0.3 is 9.88 Å². The fourth-order valence-electron chi connectivity index (χ4n) is 4.13. The highest BCUT2D eigenvalue weighted by Crippen LogP contribution is 2.41. The predicted octanol–water partition coefficient (Wildman–Crippen LogP) is 7.75. The summed E-state index contributed by atoms with van der Waals surface area (Å²) in [4.78, 5) is 17.9. The second kappa shape index (κ2) is 11.3. The van der Waals surface area contributed by atoms with Crippen molar-refractivity contribution >= 4 is 40.9 Å². The lowest BCUT2D eigenvalue weighted by atomic mass is 10.0. The van der Waals surface area contributed by atoms with Crippen molar-refractivity contribution in [3.8, 4) is 0 Å². The van der Waals surface area contributed by atoms with Crippen molar-refractivity contribution in [3.63, 3.8) is 0 Å². The van der Waals surface area contributed by atoms with Crippen molar-refractivity contribution in [1.29, 1.82) is 0 Å². The molecule has 2 aromatic heterocycles. The Balaban J connectivity index is 1.76. The summed E-state index contributed by atoms with van der Waals surface area (Å²) >= 11 is 14.3. The number of pyridine rings is 1. The molecule has 35 heavy (non-hydrogen) atoms. The van der Waals surface area contributed by atoms with Crippen LogP contribution in [0.5, 0.6) is 0 Å². The van der Waals surface area contributed by atoms with Crippen LogP contribution in [0.2, 0.25) is 10.0 Å². The van der Waals surface area contributed by atoms with E-state index in [1.807, 2.05) is 67.0 Å². The first kappa shape index (κ1) is 25.4. The van der Waals surface area contributed by atoms with Gasteiger partial charge in [-0.2, -0.15) is 0 Å². The summed E-state index contributed by atoms with van der Waals surface area (Å²) in [5, 5.41) is 5.45. The molecular weight excluding hydrogens is 497 g/mol. The van der Waals surface area contributed by atoms with E-state index in [0.29, 0.717) is 28.7 Å². The van der Waals surface area contributed by atoms with E-state index in [9.17, 15) is 4.79 Å². The molecule has 0 unspecified atom stereocenters. The molecule has 180 valence electrons. The van der Waals surface area contributed by atoms with Gasteiger partial charge in [0.25, 0.3) is 5.91 Å². The third kappa shape index (κ3) is 6.10. The van der Waals surface area contributed by atoms with E-state index in [2.05, 4.69) is 35.6 Å². The maximum Gasteiger partial charge on any atom is 0.251 e. The number of rotatable bonds is 8. The van der Waals surface area contributed by atoms with Gasteiger partial charge >= 0.3 is 0 Å². The van der Waals surface area contributed by atoms with Gasteiger partial charge in [0.2, 0.25) is 0 Å². The molecule has 0 bridgehead atoms. The van der Waals surface area contributed by atoms with Gasteiger partial charge in [-0.15, -0.1) is 0 Å². The Labute approximate surface area is 220 Å². The second-order valence-corrected chi connectivity index (χ2v) is 10.6. The van der Waals surface area contributed by atoms with Gasteiger partial charge in [0.15, 0.2) is 0 Å². The lowest BCUT2D eigenvalue weighted by Crippen LogP contribution is -2.23. The molecule has 0 saturated carbocycles. The number of benzene rings is 2. The molecule has 0 fully saturated rings. The van der Waals surface area contributed by atoms with E-state index >= 15 is 0 Å². The summed E-state index contributed by atoms with van der Waals surface area (Å²) in [6.07, 6.45) is 3.62. The van der Waals surface area contributed by atoms with Crippen LogP contribution in [-0.4, -0.2) is 15.5 Å². The van der Waals surface area contributed by atoms with Crippen LogP contribution in [0.25, 0.3) is 0 Å². The van der Waals surface area contributed by atoms with Crippen molar-refractivity contribution in [2.75, 3.05) is 0 Å². The first-order valence-corrected chi connectivity index (χ1v) is 13.0. The number of nitrogens with zero attached hydrogens (tertiary/aromatic N) is 2. The zero-order valence-electron chi connectivity index (χ0n) is 19.9. The molecule has 2 aromatic carbocycles. The standard InChI is InChI=1S/C28H27Cl2N3OS/c1-18(2)26-25(16-32-27(34)21-7-5-4-6-8-21)19(3)33(17-20-9-11-31-12-10-20)28(26)35-24-14-22(29)13-23(30)15-24/h4-15,18H,16-17H2,1-3H3,(H,32,34). The number of aromatic nitrogens is 2. The molecule has 4 rings (SSSR count). The lowest BCUT2D eigenvalue weighted by molar-refractivity contribution is 0.0950. The molecule has 0 aliphatic carbocycles. The monoisotopic (exact) mass is 523 g/mol. The van der Waals surface area contributed by atoms with Gasteiger partial charge in [-0.3, -0.25) is 9.78 Å². The Bertz CT molecular complexity index is 1300. The Kier molecular flexibility index (Phi) is 8.22. The normalized spacial score (nSPS) is 11.1. The topological polar surface area (TPSA) is 46.9 Å². The van der Waals surface area contributed by atoms with Gasteiger partial charge in [-0.25, -0.2) is 0 Å². The summed E-state index contributed by atoms with van der Waals surface area (Å²) < 4.78 is 2.31. The van der Waals surface area contributed by atoms with Gasteiger partial charge in [0.1, 0.15) is 0 Å². The average Bonchev–Trinajstić information content (AvgIpc) is 3.08. The first-order valence-electron chi connectivity index (χ1n) is 11.4. The molecule has 0 aliphatic heterocycles. The molecular formula is C28H27Cl2N3OS. The van der Waals surface area contributed by atoms with E-state index < -0.39 is 0 Å². The molecule has 1 amide bonds. The maximum atomic E-state index is 12.8. The van der Waals surface area contributed by atoms with Gasteiger partial charge in [0.05, 0.1) is 5.03 Å². The molecule has 4 aromatic rings. The summed E-state index contributed by atoms with van der Waals surface area (Å²) in [5.74, 6) is 0.158. The second-order valence-electron chi connectivity index (χ2n) is 8.64. The summed E-state index contributed by atoms with van der Waals surface area (Å²) in [6.45, 7) is 7.62. The number of hydrogen-bond acceptors (Lipinski definition) is 3. The van der Waals surface area contributed by atoms with Gasteiger partial charge in [-0.05, 0) is 72.0 Å². The number of hydrogen-bond donors (Lipinski definition) is 1. The van der Waals surface area contributed by atoms with E-state index in [-0.39, 0.29) is 11.8 Å². The summed E-state index contributed by atoms with van der Waals surface area (Å²) in [7, 11) is 0. The molecule has 0 saturated heterocycles. The van der Waals surface area contributed by atoms with Crippen molar-refractivity contribution in [2.24, 2.45) is 0 Å². The van der Waals surface area contributed by atoms with Crippen LogP contribution >= 0.6 is 35.0 Å². The highest BCUT2D eigenvalue weighted by molar-refractivity contribution is 7.99. The summed E-state index contributed by atoms with van der Waals surface area (Å²) in [6, 6.07) is 18.9. The molecule has 2 heterocycles. The average molecular weight is 525 g/mol. The van der Waals surface area contributed by atoms with E-state index in [1.54, 1.807) is 17.8 Å². The Morgan fingerprint density at radius 1 is 1.03 bits per heavy atom. The molecule has 0 radical (unpaired) electrons. The minimum absolute atomic E-state index is 0.0857. The largest absolute Gasteiger partial charge is 0.348 e. The van der Waals surface area contributed by atoms with E-state index in [0.717, 1.165) is 26.7 Å². The Morgan fingerprint density at radius 2 is 1.69 bits per heavy atom. The SMILES string of the molecule is Cc1c(CNC(=O)c2ccccc2)c(C(C)C)c(Sc2cc(Cl)cc(Cl)c2)n1Cc1ccncc1. The van der Waals surface area contributed by atoms with Gasteiger partial charge in [0, 0.05) is 51.7 Å². The lowest BCUT2D eigenvalue weighted by Gasteiger charge is -2.15. The minimum Gasteiger partial charge on any atom is -0.348 e. The predicted molar refractivity (Wildman–Crippen MR) is 145 cm³/mol. The quantitative estimate of drug-likeness (QED) is 0.256. The van der Waals surface area contributed by atoms with Crippen LogP contribution in [-0.2, 0) is 13.1 Å². The third-order valence-electron chi connectivity index (χ3n) is 5.82.